The van der Waals surface area contributed by atoms with Gasteiger partial charge in [-0.05, 0) is 29.8 Å². The first-order valence-electron chi connectivity index (χ1n) is 9.69. The highest BCUT2D eigenvalue weighted by molar-refractivity contribution is 5.40. The normalized spacial score (nSPS) is 14.4. The summed E-state index contributed by atoms with van der Waals surface area (Å²) in [7, 11) is 0. The summed E-state index contributed by atoms with van der Waals surface area (Å²) in [6, 6.07) is 14.3. The molecule has 3 aromatic rings. The molecular weight excluding hydrogens is 411 g/mol. The van der Waals surface area contributed by atoms with Crippen molar-refractivity contribution in [2.24, 2.45) is 0 Å². The molecule has 0 unspecified atom stereocenters. The van der Waals surface area contributed by atoms with Gasteiger partial charge in [0, 0.05) is 19.6 Å². The molecule has 1 aliphatic heterocycles. The van der Waals surface area contributed by atoms with E-state index in [1.165, 1.54) is 6.07 Å². The number of para-hydroxylation sites is 1. The number of halogens is 3. The Morgan fingerprint density at radius 2 is 1.74 bits per heavy atom. The number of hydrogen-bond donors (Lipinski definition) is 1. The molecule has 1 N–H and O–H groups in total. The summed E-state index contributed by atoms with van der Waals surface area (Å²) in [4.78, 5) is 15.0. The maximum absolute atomic E-state index is 13.0. The van der Waals surface area contributed by atoms with E-state index < -0.39 is 11.7 Å². The second-order valence-corrected chi connectivity index (χ2v) is 6.81. The van der Waals surface area contributed by atoms with Crippen molar-refractivity contribution in [3.8, 4) is 11.8 Å². The summed E-state index contributed by atoms with van der Waals surface area (Å²) >= 11 is 0. The molecule has 0 bridgehead atoms. The molecule has 1 saturated heterocycles. The predicted molar refractivity (Wildman–Crippen MR) is 108 cm³/mol. The highest BCUT2D eigenvalue weighted by Crippen LogP contribution is 2.29. The molecule has 0 amide bonds. The first-order chi connectivity index (χ1) is 15.0. The number of anilines is 2. The topological polar surface area (TPSA) is 72.4 Å². The van der Waals surface area contributed by atoms with Crippen LogP contribution in [-0.4, -0.2) is 41.3 Å². The minimum Gasteiger partial charge on any atom is -0.424 e. The molecule has 2 heterocycles. The van der Waals surface area contributed by atoms with Crippen molar-refractivity contribution in [1.29, 1.82) is 0 Å². The van der Waals surface area contributed by atoms with Gasteiger partial charge in [-0.15, -0.1) is 0 Å². The van der Waals surface area contributed by atoms with Gasteiger partial charge in [-0.2, -0.15) is 28.1 Å². The fraction of sp³-hybridized carbons (Fsp3) is 0.286. The highest BCUT2D eigenvalue weighted by atomic mass is 19.4. The first-order valence-corrected chi connectivity index (χ1v) is 9.69. The van der Waals surface area contributed by atoms with Crippen molar-refractivity contribution in [3.05, 3.63) is 65.7 Å². The summed E-state index contributed by atoms with van der Waals surface area (Å²) in [6.45, 7) is 2.44. The second kappa shape index (κ2) is 9.17. The Morgan fingerprint density at radius 1 is 0.968 bits per heavy atom. The average Bonchev–Trinajstić information content (AvgIpc) is 2.78. The van der Waals surface area contributed by atoms with Gasteiger partial charge < -0.3 is 19.7 Å². The van der Waals surface area contributed by atoms with Crippen LogP contribution in [-0.2, 0) is 17.5 Å². The Balaban J connectivity index is 1.56. The number of benzene rings is 2. The van der Waals surface area contributed by atoms with Crippen LogP contribution in [0, 0.1) is 0 Å². The Bertz CT molecular complexity index is 1010. The lowest BCUT2D eigenvalue weighted by atomic mass is 10.1. The monoisotopic (exact) mass is 431 g/mol. The van der Waals surface area contributed by atoms with Crippen LogP contribution in [0.3, 0.4) is 0 Å². The van der Waals surface area contributed by atoms with Gasteiger partial charge in [0.2, 0.25) is 11.9 Å². The number of nitrogens with zero attached hydrogens (tertiary/aromatic N) is 4. The van der Waals surface area contributed by atoms with Crippen LogP contribution in [0.25, 0.3) is 0 Å². The lowest BCUT2D eigenvalue weighted by Crippen LogP contribution is -2.37. The molecule has 0 atom stereocenters. The van der Waals surface area contributed by atoms with Crippen LogP contribution in [0.1, 0.15) is 11.1 Å². The van der Waals surface area contributed by atoms with E-state index in [0.717, 1.165) is 12.1 Å². The maximum Gasteiger partial charge on any atom is 0.416 e. The third-order valence-corrected chi connectivity index (χ3v) is 4.55. The molecule has 2 aromatic carbocycles. The van der Waals surface area contributed by atoms with Gasteiger partial charge in [0.15, 0.2) is 0 Å². The van der Waals surface area contributed by atoms with Gasteiger partial charge in [0.1, 0.15) is 5.75 Å². The van der Waals surface area contributed by atoms with Crippen molar-refractivity contribution in [2.75, 3.05) is 36.5 Å². The maximum atomic E-state index is 13.0. The third-order valence-electron chi connectivity index (χ3n) is 4.55. The molecule has 10 heteroatoms. The average molecular weight is 431 g/mol. The van der Waals surface area contributed by atoms with Crippen LogP contribution >= 0.6 is 0 Å². The summed E-state index contributed by atoms with van der Waals surface area (Å²) in [5.41, 5.74) is -0.252. The number of rotatable bonds is 6. The van der Waals surface area contributed by atoms with Crippen molar-refractivity contribution in [2.45, 2.75) is 12.7 Å². The van der Waals surface area contributed by atoms with Gasteiger partial charge >= 0.3 is 12.2 Å². The molecule has 1 fully saturated rings. The van der Waals surface area contributed by atoms with Crippen LogP contribution in [0.2, 0.25) is 0 Å². The molecule has 0 aliphatic carbocycles. The molecule has 0 radical (unpaired) electrons. The fourth-order valence-corrected chi connectivity index (χ4v) is 3.01. The standard InChI is InChI=1S/C21H20F3N5O2/c22-21(23,24)16-6-4-5-15(13-16)14-25-18-26-19(29-9-11-30-12-10-29)28-20(27-18)31-17-7-2-1-3-8-17/h1-8,13H,9-12,14H2,(H,25,26,27,28). The number of hydrogen-bond acceptors (Lipinski definition) is 7. The summed E-state index contributed by atoms with van der Waals surface area (Å²) < 4.78 is 50.0. The fourth-order valence-electron chi connectivity index (χ4n) is 3.01. The number of morpholine rings is 1. The third kappa shape index (κ3) is 5.60. The Labute approximate surface area is 176 Å². The van der Waals surface area contributed by atoms with E-state index in [1.54, 1.807) is 18.2 Å². The van der Waals surface area contributed by atoms with E-state index >= 15 is 0 Å². The smallest absolute Gasteiger partial charge is 0.416 e. The lowest BCUT2D eigenvalue weighted by molar-refractivity contribution is -0.137. The molecule has 1 aromatic heterocycles. The van der Waals surface area contributed by atoms with E-state index in [2.05, 4.69) is 20.3 Å². The molecule has 7 nitrogen and oxygen atoms in total. The summed E-state index contributed by atoms with van der Waals surface area (Å²) in [6.07, 6.45) is -4.40. The Kier molecular flexibility index (Phi) is 6.17. The SMILES string of the molecule is FC(F)(F)c1cccc(CNc2nc(Oc3ccccc3)nc(N3CCOCC3)n2)c1. The summed E-state index contributed by atoms with van der Waals surface area (Å²) in [5, 5.41) is 2.98. The molecule has 4 rings (SSSR count). The van der Waals surface area contributed by atoms with E-state index in [9.17, 15) is 13.2 Å². The van der Waals surface area contributed by atoms with Crippen LogP contribution in [0.5, 0.6) is 11.8 Å². The van der Waals surface area contributed by atoms with E-state index in [1.807, 2.05) is 23.1 Å². The zero-order chi connectivity index (χ0) is 21.7. The molecule has 0 saturated carbocycles. The van der Waals surface area contributed by atoms with Gasteiger partial charge in [0.25, 0.3) is 0 Å². The molecule has 162 valence electrons. The quantitative estimate of drug-likeness (QED) is 0.629. The van der Waals surface area contributed by atoms with Gasteiger partial charge in [0.05, 0.1) is 18.8 Å². The number of nitrogens with one attached hydrogen (secondary N) is 1. The minimum absolute atomic E-state index is 0.0919. The van der Waals surface area contributed by atoms with Crippen LogP contribution in [0.15, 0.2) is 54.6 Å². The zero-order valence-electron chi connectivity index (χ0n) is 16.5. The molecule has 1 aliphatic rings. The van der Waals surface area contributed by atoms with Crippen molar-refractivity contribution >= 4 is 11.9 Å². The molecular formula is C21H20F3N5O2. The minimum atomic E-state index is -4.40. The molecule has 31 heavy (non-hydrogen) atoms. The highest BCUT2D eigenvalue weighted by Gasteiger charge is 2.30. The molecule has 0 spiro atoms. The largest absolute Gasteiger partial charge is 0.424 e. The Hall–Kier alpha value is -3.40. The zero-order valence-corrected chi connectivity index (χ0v) is 16.5. The number of aromatic nitrogens is 3. The number of ether oxygens (including phenoxy) is 2. The van der Waals surface area contributed by atoms with Gasteiger partial charge in [-0.1, -0.05) is 30.3 Å². The van der Waals surface area contributed by atoms with Crippen LogP contribution in [0.4, 0.5) is 25.1 Å². The van der Waals surface area contributed by atoms with Gasteiger partial charge in [-0.25, -0.2) is 0 Å². The van der Waals surface area contributed by atoms with E-state index in [4.69, 9.17) is 9.47 Å². The predicted octanol–water partition coefficient (Wildman–Crippen LogP) is 4.13. The van der Waals surface area contributed by atoms with E-state index in [-0.39, 0.29) is 18.5 Å². The van der Waals surface area contributed by atoms with Crippen molar-refractivity contribution in [3.63, 3.8) is 0 Å². The summed E-state index contributed by atoms with van der Waals surface area (Å²) in [5.74, 6) is 1.18. The van der Waals surface area contributed by atoms with Gasteiger partial charge in [-0.3, -0.25) is 0 Å². The van der Waals surface area contributed by atoms with Crippen molar-refractivity contribution < 1.29 is 22.6 Å². The van der Waals surface area contributed by atoms with Crippen molar-refractivity contribution in [1.82, 2.24) is 15.0 Å². The lowest BCUT2D eigenvalue weighted by Gasteiger charge is -2.27. The Morgan fingerprint density at radius 3 is 2.48 bits per heavy atom. The first kappa shape index (κ1) is 20.9. The van der Waals surface area contributed by atoms with E-state index in [0.29, 0.717) is 43.6 Å². The second-order valence-electron chi connectivity index (χ2n) is 6.81. The van der Waals surface area contributed by atoms with Crippen LogP contribution < -0.4 is 15.0 Å². The number of alkyl halides is 3.